The van der Waals surface area contributed by atoms with Crippen molar-refractivity contribution in [2.75, 3.05) is 6.54 Å². The number of carbonyl (C=O) groups is 1. The molecule has 1 amide bonds. The van der Waals surface area contributed by atoms with Crippen LogP contribution in [0.2, 0.25) is 10.0 Å². The lowest BCUT2D eigenvalue weighted by Crippen LogP contribution is -2.33. The summed E-state index contributed by atoms with van der Waals surface area (Å²) in [6.07, 6.45) is 4.62. The van der Waals surface area contributed by atoms with Gasteiger partial charge in [0.2, 0.25) is 5.91 Å². The zero-order valence-electron chi connectivity index (χ0n) is 13.5. The maximum absolute atomic E-state index is 12.3. The van der Waals surface area contributed by atoms with E-state index in [-0.39, 0.29) is 11.9 Å². The van der Waals surface area contributed by atoms with E-state index < -0.39 is 0 Å². The number of nitrogens with one attached hydrogen (secondary N) is 1. The van der Waals surface area contributed by atoms with Gasteiger partial charge < -0.3 is 5.32 Å². The highest BCUT2D eigenvalue weighted by Gasteiger charge is 2.18. The molecule has 0 bridgehead atoms. The molecule has 8 heteroatoms. The van der Waals surface area contributed by atoms with Crippen LogP contribution >= 0.6 is 23.2 Å². The number of aryl methyl sites for hydroxylation is 2. The minimum absolute atomic E-state index is 0.0568. The van der Waals surface area contributed by atoms with E-state index in [2.05, 4.69) is 15.5 Å². The molecule has 23 heavy (non-hydrogen) atoms. The number of amides is 1. The molecule has 1 unspecified atom stereocenters. The molecular formula is C15H21Cl2N5O. The van der Waals surface area contributed by atoms with E-state index in [0.29, 0.717) is 29.6 Å². The summed E-state index contributed by atoms with van der Waals surface area (Å²) in [6.45, 7) is 7.05. The van der Waals surface area contributed by atoms with E-state index in [9.17, 15) is 4.79 Å². The minimum Gasteiger partial charge on any atom is -0.354 e. The Hall–Kier alpha value is -1.53. The van der Waals surface area contributed by atoms with E-state index in [4.69, 9.17) is 23.2 Å². The molecule has 6 nitrogen and oxygen atoms in total. The highest BCUT2D eigenvalue weighted by Crippen LogP contribution is 2.19. The zero-order chi connectivity index (χ0) is 17.0. The smallest absolute Gasteiger partial charge is 0.244 e. The molecule has 0 aliphatic carbocycles. The van der Waals surface area contributed by atoms with Crippen molar-refractivity contribution in [1.82, 2.24) is 24.9 Å². The minimum atomic E-state index is -0.342. The van der Waals surface area contributed by atoms with Crippen molar-refractivity contribution in [1.29, 1.82) is 0 Å². The van der Waals surface area contributed by atoms with Crippen molar-refractivity contribution in [2.24, 2.45) is 0 Å². The largest absolute Gasteiger partial charge is 0.354 e. The highest BCUT2D eigenvalue weighted by molar-refractivity contribution is 6.31. The van der Waals surface area contributed by atoms with Gasteiger partial charge in [0.15, 0.2) is 0 Å². The monoisotopic (exact) mass is 357 g/mol. The zero-order valence-corrected chi connectivity index (χ0v) is 15.0. The summed E-state index contributed by atoms with van der Waals surface area (Å²) in [5.74, 6) is -0.0568. The van der Waals surface area contributed by atoms with Gasteiger partial charge in [-0.1, -0.05) is 30.1 Å². The number of hydrogen-bond acceptors (Lipinski definition) is 3. The van der Waals surface area contributed by atoms with E-state index in [0.717, 1.165) is 17.8 Å². The van der Waals surface area contributed by atoms with Gasteiger partial charge in [0.05, 0.1) is 27.6 Å². The molecule has 0 aromatic carbocycles. The van der Waals surface area contributed by atoms with Gasteiger partial charge in [-0.15, -0.1) is 0 Å². The van der Waals surface area contributed by atoms with Crippen molar-refractivity contribution in [3.8, 4) is 0 Å². The van der Waals surface area contributed by atoms with Crippen molar-refractivity contribution < 1.29 is 4.79 Å². The lowest BCUT2D eigenvalue weighted by Gasteiger charge is -2.15. The number of halogens is 2. The average molecular weight is 358 g/mol. The molecular weight excluding hydrogens is 337 g/mol. The fourth-order valence-corrected chi connectivity index (χ4v) is 2.71. The van der Waals surface area contributed by atoms with Crippen LogP contribution in [0.25, 0.3) is 0 Å². The molecule has 0 saturated heterocycles. The summed E-state index contributed by atoms with van der Waals surface area (Å²) in [4.78, 5) is 12.3. The lowest BCUT2D eigenvalue weighted by atomic mass is 10.2. The first-order chi connectivity index (χ1) is 10.9. The Morgan fingerprint density at radius 3 is 2.65 bits per heavy atom. The Balaban J connectivity index is 1.83. The lowest BCUT2D eigenvalue weighted by molar-refractivity contribution is -0.124. The normalized spacial score (nSPS) is 12.4. The second-order valence-electron chi connectivity index (χ2n) is 5.42. The van der Waals surface area contributed by atoms with Crippen LogP contribution in [0.15, 0.2) is 12.4 Å². The summed E-state index contributed by atoms with van der Waals surface area (Å²) in [5, 5.41) is 12.6. The molecule has 1 atom stereocenters. The third-order valence-electron chi connectivity index (χ3n) is 3.72. The van der Waals surface area contributed by atoms with Crippen LogP contribution in [0.1, 0.15) is 37.2 Å². The summed E-state index contributed by atoms with van der Waals surface area (Å²) in [6, 6.07) is -0.342. The molecule has 0 spiro atoms. The highest BCUT2D eigenvalue weighted by atomic mass is 35.5. The molecule has 2 aromatic heterocycles. The van der Waals surface area contributed by atoms with Gasteiger partial charge in [-0.25, -0.2) is 0 Å². The van der Waals surface area contributed by atoms with Crippen LogP contribution in [0.5, 0.6) is 0 Å². The molecule has 2 heterocycles. The van der Waals surface area contributed by atoms with Crippen LogP contribution in [0, 0.1) is 13.8 Å². The second-order valence-corrected chi connectivity index (χ2v) is 6.23. The number of carbonyl (C=O) groups excluding carboxylic acids is 1. The molecule has 126 valence electrons. The summed E-state index contributed by atoms with van der Waals surface area (Å²) < 4.78 is 3.47. The number of rotatable bonds is 7. The molecule has 0 fully saturated rings. The Morgan fingerprint density at radius 1 is 1.39 bits per heavy atom. The fraction of sp³-hybridized carbons (Fsp3) is 0.533. The predicted octanol–water partition coefficient (Wildman–Crippen LogP) is 3.16. The van der Waals surface area contributed by atoms with E-state index in [1.165, 1.54) is 6.20 Å². The number of hydrogen-bond donors (Lipinski definition) is 1. The van der Waals surface area contributed by atoms with Crippen molar-refractivity contribution >= 4 is 29.1 Å². The van der Waals surface area contributed by atoms with Gasteiger partial charge in [0.1, 0.15) is 6.04 Å². The van der Waals surface area contributed by atoms with E-state index >= 15 is 0 Å². The molecule has 2 rings (SSSR count). The van der Waals surface area contributed by atoms with Crippen molar-refractivity contribution in [3.63, 3.8) is 0 Å². The van der Waals surface area contributed by atoms with Crippen LogP contribution in [-0.4, -0.2) is 32.0 Å². The van der Waals surface area contributed by atoms with Crippen molar-refractivity contribution in [3.05, 3.63) is 33.8 Å². The third-order valence-corrected chi connectivity index (χ3v) is 4.46. The van der Waals surface area contributed by atoms with Gasteiger partial charge in [-0.2, -0.15) is 10.2 Å². The second kappa shape index (κ2) is 7.84. The van der Waals surface area contributed by atoms with E-state index in [1.807, 2.05) is 25.5 Å². The van der Waals surface area contributed by atoms with E-state index in [1.54, 1.807) is 10.9 Å². The molecule has 0 aliphatic heterocycles. The fourth-order valence-electron chi connectivity index (χ4n) is 2.43. The predicted molar refractivity (Wildman–Crippen MR) is 90.9 cm³/mol. The van der Waals surface area contributed by atoms with Gasteiger partial charge in [-0.3, -0.25) is 14.2 Å². The first kappa shape index (κ1) is 17.8. The molecule has 2 aromatic rings. The summed E-state index contributed by atoms with van der Waals surface area (Å²) in [7, 11) is 0. The topological polar surface area (TPSA) is 64.7 Å². The molecule has 0 radical (unpaired) electrons. The average Bonchev–Trinajstić information content (AvgIpc) is 3.04. The maximum Gasteiger partial charge on any atom is 0.244 e. The van der Waals surface area contributed by atoms with Crippen LogP contribution in [0.4, 0.5) is 0 Å². The molecule has 1 N–H and O–H groups in total. The molecule has 0 aliphatic rings. The van der Waals surface area contributed by atoms with Gasteiger partial charge in [0, 0.05) is 19.3 Å². The summed E-state index contributed by atoms with van der Waals surface area (Å²) in [5.41, 5.74) is 1.78. The standard InChI is InChI=1S/C15H21Cl2N5O/c1-4-13(22-9-12(16)8-19-22)15(23)18-6-5-7-21-11(3)14(17)10(2)20-21/h8-9,13H,4-7H2,1-3H3,(H,18,23). The number of nitrogens with zero attached hydrogens (tertiary/aromatic N) is 4. The SMILES string of the molecule is CCC(C(=O)NCCCn1nc(C)c(Cl)c1C)n1cc(Cl)cn1. The first-order valence-corrected chi connectivity index (χ1v) is 8.36. The Bertz CT molecular complexity index is 679. The Morgan fingerprint density at radius 2 is 2.13 bits per heavy atom. The van der Waals surface area contributed by atoms with Crippen molar-refractivity contribution in [2.45, 2.75) is 46.2 Å². The Labute approximate surface area is 145 Å². The van der Waals surface area contributed by atoms with Crippen LogP contribution < -0.4 is 5.32 Å². The third kappa shape index (κ3) is 4.26. The molecule has 0 saturated carbocycles. The van der Waals surface area contributed by atoms with Gasteiger partial charge in [-0.05, 0) is 26.7 Å². The quantitative estimate of drug-likeness (QED) is 0.774. The first-order valence-electron chi connectivity index (χ1n) is 7.61. The Kier molecular flexibility index (Phi) is 6.07. The maximum atomic E-state index is 12.3. The van der Waals surface area contributed by atoms with Gasteiger partial charge in [0.25, 0.3) is 0 Å². The van der Waals surface area contributed by atoms with Crippen LogP contribution in [0.3, 0.4) is 0 Å². The van der Waals surface area contributed by atoms with Gasteiger partial charge >= 0.3 is 0 Å². The number of aromatic nitrogens is 4. The van der Waals surface area contributed by atoms with Crippen LogP contribution in [-0.2, 0) is 11.3 Å². The summed E-state index contributed by atoms with van der Waals surface area (Å²) >= 11 is 12.0.